The maximum atomic E-state index is 12.9. The molecular formula is C18H18FNO4. The number of hydrogen-bond donors (Lipinski definition) is 1. The average molecular weight is 331 g/mol. The summed E-state index contributed by atoms with van der Waals surface area (Å²) in [5.74, 6) is -1.11. The van der Waals surface area contributed by atoms with Gasteiger partial charge in [0.15, 0.2) is 6.10 Å². The van der Waals surface area contributed by atoms with Gasteiger partial charge < -0.3 is 14.8 Å². The van der Waals surface area contributed by atoms with Crippen LogP contribution < -0.4 is 10.1 Å². The van der Waals surface area contributed by atoms with E-state index in [4.69, 9.17) is 9.47 Å². The zero-order chi connectivity index (χ0) is 17.5. The van der Waals surface area contributed by atoms with E-state index < -0.39 is 23.8 Å². The molecule has 0 heterocycles. The Morgan fingerprint density at radius 2 is 1.79 bits per heavy atom. The molecule has 0 aliphatic heterocycles. The topological polar surface area (TPSA) is 64.6 Å². The van der Waals surface area contributed by atoms with Gasteiger partial charge in [-0.3, -0.25) is 4.79 Å². The lowest BCUT2D eigenvalue weighted by Gasteiger charge is -2.15. The summed E-state index contributed by atoms with van der Waals surface area (Å²) in [5.41, 5.74) is 0.666. The molecule has 0 aromatic heterocycles. The number of ether oxygens (including phenoxy) is 2. The van der Waals surface area contributed by atoms with Gasteiger partial charge in [0, 0.05) is 0 Å². The molecule has 2 aromatic carbocycles. The highest BCUT2D eigenvalue weighted by Gasteiger charge is 2.20. The predicted molar refractivity (Wildman–Crippen MR) is 87.5 cm³/mol. The molecule has 24 heavy (non-hydrogen) atoms. The van der Waals surface area contributed by atoms with Crippen molar-refractivity contribution < 1.29 is 23.5 Å². The number of halogens is 1. The van der Waals surface area contributed by atoms with Gasteiger partial charge in [0.05, 0.1) is 17.9 Å². The Labute approximate surface area is 139 Å². The van der Waals surface area contributed by atoms with Crippen molar-refractivity contribution in [3.05, 3.63) is 59.9 Å². The molecule has 6 heteroatoms. The van der Waals surface area contributed by atoms with Crippen LogP contribution >= 0.6 is 0 Å². The second kappa shape index (κ2) is 8.10. The number of amides is 1. The Balaban J connectivity index is 1.99. The third kappa shape index (κ3) is 4.55. The van der Waals surface area contributed by atoms with E-state index in [1.807, 2.05) is 6.92 Å². The molecule has 1 N–H and O–H groups in total. The maximum absolute atomic E-state index is 12.9. The first-order valence-corrected chi connectivity index (χ1v) is 7.50. The molecule has 2 rings (SSSR count). The van der Waals surface area contributed by atoms with E-state index >= 15 is 0 Å². The molecule has 1 atom stereocenters. The van der Waals surface area contributed by atoms with Gasteiger partial charge in [-0.25, -0.2) is 9.18 Å². The molecule has 1 amide bonds. The first-order valence-electron chi connectivity index (χ1n) is 7.50. The number of carbonyl (C=O) groups excluding carboxylic acids is 2. The van der Waals surface area contributed by atoms with Crippen molar-refractivity contribution in [3.63, 3.8) is 0 Å². The molecule has 0 saturated heterocycles. The summed E-state index contributed by atoms with van der Waals surface area (Å²) in [4.78, 5) is 24.1. The lowest BCUT2D eigenvalue weighted by atomic mass is 10.2. The van der Waals surface area contributed by atoms with E-state index in [1.165, 1.54) is 19.1 Å². The molecule has 5 nitrogen and oxygen atoms in total. The van der Waals surface area contributed by atoms with E-state index in [1.54, 1.807) is 24.3 Å². The van der Waals surface area contributed by atoms with Crippen LogP contribution in [0.2, 0.25) is 0 Å². The highest BCUT2D eigenvalue weighted by Crippen LogP contribution is 2.24. The van der Waals surface area contributed by atoms with Gasteiger partial charge in [0.1, 0.15) is 11.6 Å². The summed E-state index contributed by atoms with van der Waals surface area (Å²) in [5, 5.41) is 2.66. The van der Waals surface area contributed by atoms with Crippen molar-refractivity contribution >= 4 is 17.6 Å². The van der Waals surface area contributed by atoms with Crippen LogP contribution in [-0.4, -0.2) is 24.6 Å². The zero-order valence-corrected chi connectivity index (χ0v) is 13.4. The minimum atomic E-state index is -1.02. The Morgan fingerprint density at radius 3 is 2.46 bits per heavy atom. The summed E-state index contributed by atoms with van der Waals surface area (Å²) >= 11 is 0. The molecule has 0 fully saturated rings. The monoisotopic (exact) mass is 331 g/mol. The lowest BCUT2D eigenvalue weighted by molar-refractivity contribution is -0.123. The molecular weight excluding hydrogens is 313 g/mol. The zero-order valence-electron chi connectivity index (χ0n) is 13.4. The van der Waals surface area contributed by atoms with Crippen molar-refractivity contribution in [1.29, 1.82) is 0 Å². The number of carbonyl (C=O) groups is 2. The molecule has 0 aliphatic carbocycles. The van der Waals surface area contributed by atoms with Gasteiger partial charge in [-0.1, -0.05) is 12.1 Å². The van der Waals surface area contributed by atoms with Crippen LogP contribution in [0, 0.1) is 5.82 Å². The Morgan fingerprint density at radius 1 is 1.12 bits per heavy atom. The molecule has 0 bridgehead atoms. The van der Waals surface area contributed by atoms with Gasteiger partial charge in [-0.05, 0) is 50.2 Å². The summed E-state index contributed by atoms with van der Waals surface area (Å²) in [6.45, 7) is 3.76. The van der Waals surface area contributed by atoms with Crippen LogP contribution in [0.25, 0.3) is 0 Å². The lowest BCUT2D eigenvalue weighted by Crippen LogP contribution is -2.30. The number of para-hydroxylation sites is 2. The van der Waals surface area contributed by atoms with Crippen molar-refractivity contribution in [1.82, 2.24) is 0 Å². The number of anilines is 1. The second-order valence-electron chi connectivity index (χ2n) is 4.97. The fourth-order valence-corrected chi connectivity index (χ4v) is 1.95. The Bertz CT molecular complexity index is 715. The summed E-state index contributed by atoms with van der Waals surface area (Å²) in [6, 6.07) is 11.9. The fraction of sp³-hybridized carbons (Fsp3) is 0.222. The maximum Gasteiger partial charge on any atom is 0.338 e. The first-order chi connectivity index (χ1) is 11.5. The molecule has 0 spiro atoms. The number of esters is 1. The fourth-order valence-electron chi connectivity index (χ4n) is 1.95. The van der Waals surface area contributed by atoms with Crippen molar-refractivity contribution in [2.75, 3.05) is 11.9 Å². The van der Waals surface area contributed by atoms with Gasteiger partial charge in [-0.15, -0.1) is 0 Å². The summed E-state index contributed by atoms with van der Waals surface area (Å²) in [6.07, 6.45) is -1.02. The minimum Gasteiger partial charge on any atom is -0.492 e. The van der Waals surface area contributed by atoms with E-state index in [0.29, 0.717) is 18.0 Å². The van der Waals surface area contributed by atoms with E-state index in [2.05, 4.69) is 5.32 Å². The predicted octanol–water partition coefficient (Wildman–Crippen LogP) is 3.41. The quantitative estimate of drug-likeness (QED) is 0.824. The standard InChI is InChI=1S/C18H18FNO4/c1-3-23-16-7-5-4-6-15(16)20-17(21)12(2)24-18(22)13-8-10-14(19)11-9-13/h4-12H,3H2,1-2H3,(H,20,21)/t12-/m1/s1. The highest BCUT2D eigenvalue weighted by molar-refractivity contribution is 5.98. The normalized spacial score (nSPS) is 11.5. The molecule has 2 aromatic rings. The van der Waals surface area contributed by atoms with Gasteiger partial charge >= 0.3 is 5.97 Å². The van der Waals surface area contributed by atoms with Crippen LogP contribution in [0.3, 0.4) is 0 Å². The molecule has 0 aliphatic rings. The number of benzene rings is 2. The first kappa shape index (κ1) is 17.5. The SMILES string of the molecule is CCOc1ccccc1NC(=O)[C@@H](C)OC(=O)c1ccc(F)cc1. The van der Waals surface area contributed by atoms with E-state index in [0.717, 1.165) is 12.1 Å². The van der Waals surface area contributed by atoms with Crippen LogP contribution in [-0.2, 0) is 9.53 Å². The van der Waals surface area contributed by atoms with Crippen LogP contribution in [0.1, 0.15) is 24.2 Å². The van der Waals surface area contributed by atoms with Gasteiger partial charge in [0.25, 0.3) is 5.91 Å². The molecule has 126 valence electrons. The van der Waals surface area contributed by atoms with Crippen LogP contribution in [0.4, 0.5) is 10.1 Å². The summed E-state index contributed by atoms with van der Waals surface area (Å²) in [7, 11) is 0. The Kier molecular flexibility index (Phi) is 5.89. The van der Waals surface area contributed by atoms with Gasteiger partial charge in [0.2, 0.25) is 0 Å². The van der Waals surface area contributed by atoms with Gasteiger partial charge in [-0.2, -0.15) is 0 Å². The highest BCUT2D eigenvalue weighted by atomic mass is 19.1. The smallest absolute Gasteiger partial charge is 0.338 e. The van der Waals surface area contributed by atoms with Crippen molar-refractivity contribution in [2.24, 2.45) is 0 Å². The van der Waals surface area contributed by atoms with Crippen LogP contribution in [0.5, 0.6) is 5.75 Å². The van der Waals surface area contributed by atoms with Crippen LogP contribution in [0.15, 0.2) is 48.5 Å². The average Bonchev–Trinajstić information content (AvgIpc) is 2.57. The van der Waals surface area contributed by atoms with E-state index in [9.17, 15) is 14.0 Å². The Hall–Kier alpha value is -2.89. The third-order valence-electron chi connectivity index (χ3n) is 3.18. The number of nitrogens with one attached hydrogen (secondary N) is 1. The number of hydrogen-bond acceptors (Lipinski definition) is 4. The summed E-state index contributed by atoms with van der Waals surface area (Å²) < 4.78 is 23.4. The molecule has 0 unspecified atom stereocenters. The molecule has 0 radical (unpaired) electrons. The van der Waals surface area contributed by atoms with E-state index in [-0.39, 0.29) is 5.56 Å². The molecule has 0 saturated carbocycles. The number of rotatable bonds is 6. The largest absolute Gasteiger partial charge is 0.492 e. The minimum absolute atomic E-state index is 0.172. The second-order valence-corrected chi connectivity index (χ2v) is 4.97. The third-order valence-corrected chi connectivity index (χ3v) is 3.18. The van der Waals surface area contributed by atoms with Crippen molar-refractivity contribution in [2.45, 2.75) is 20.0 Å². The van der Waals surface area contributed by atoms with Crippen molar-refractivity contribution in [3.8, 4) is 5.75 Å².